The number of carbonyl (C=O) groups is 1. The van der Waals surface area contributed by atoms with Gasteiger partial charge in [0.2, 0.25) is 11.6 Å². The van der Waals surface area contributed by atoms with E-state index in [2.05, 4.69) is 12.7 Å². The quantitative estimate of drug-likeness (QED) is 0.295. The predicted octanol–water partition coefficient (Wildman–Crippen LogP) is 6.70. The molecule has 4 atom stereocenters. The smallest absolute Gasteiger partial charge is 0.314 e. The number of ether oxygens (including phenoxy) is 2. The van der Waals surface area contributed by atoms with Gasteiger partial charge in [0.25, 0.3) is 0 Å². The zero-order chi connectivity index (χ0) is 22.0. The van der Waals surface area contributed by atoms with Gasteiger partial charge in [0.05, 0.1) is 13.0 Å². The van der Waals surface area contributed by atoms with Crippen molar-refractivity contribution < 1.29 is 23.0 Å². The molecule has 0 aromatic heterocycles. The monoisotopic (exact) mass is 432 g/mol. The summed E-state index contributed by atoms with van der Waals surface area (Å²) in [4.78, 5) is 12.6. The fraction of sp³-hybridized carbons (Fsp3) is 0.654. The summed E-state index contributed by atoms with van der Waals surface area (Å²) in [6, 6.07) is 2.52. The average Bonchev–Trinajstić information content (AvgIpc) is 2.81. The van der Waals surface area contributed by atoms with Crippen LogP contribution in [0, 0.1) is 47.1 Å². The van der Waals surface area contributed by atoms with Gasteiger partial charge in [0.15, 0.2) is 11.5 Å². The van der Waals surface area contributed by atoms with Crippen molar-refractivity contribution in [1.29, 1.82) is 0 Å². The Morgan fingerprint density at radius 1 is 0.871 bits per heavy atom. The van der Waals surface area contributed by atoms with Gasteiger partial charge >= 0.3 is 5.97 Å². The lowest BCUT2D eigenvalue weighted by Crippen LogP contribution is -2.35. The summed E-state index contributed by atoms with van der Waals surface area (Å²) in [6.07, 6.45) is 13.7. The molecule has 0 bridgehead atoms. The number of carbonyl (C=O) groups excluding carboxylic acids is 1. The molecule has 0 N–H and O–H groups in total. The molecule has 4 unspecified atom stereocenters. The van der Waals surface area contributed by atoms with Gasteiger partial charge in [-0.2, -0.15) is 8.78 Å². The van der Waals surface area contributed by atoms with Crippen molar-refractivity contribution >= 4 is 5.97 Å². The number of fused-ring (bicyclic) bond motifs is 1. The Morgan fingerprint density at radius 2 is 1.42 bits per heavy atom. The molecular formula is C26H34F2O3. The van der Waals surface area contributed by atoms with Crippen LogP contribution in [0.3, 0.4) is 0 Å². The highest BCUT2D eigenvalue weighted by Crippen LogP contribution is 2.49. The summed E-state index contributed by atoms with van der Waals surface area (Å²) in [5, 5.41) is 0. The molecule has 3 saturated carbocycles. The Kier molecular flexibility index (Phi) is 6.98. The van der Waals surface area contributed by atoms with Gasteiger partial charge in [-0.3, -0.25) is 4.79 Å². The van der Waals surface area contributed by atoms with Crippen LogP contribution in [0.1, 0.15) is 64.2 Å². The maximum atomic E-state index is 14.1. The molecule has 31 heavy (non-hydrogen) atoms. The third-order valence-corrected chi connectivity index (χ3v) is 8.24. The first-order chi connectivity index (χ1) is 15.0. The maximum Gasteiger partial charge on any atom is 0.314 e. The number of allylic oxidation sites excluding steroid dienone is 1. The van der Waals surface area contributed by atoms with Crippen LogP contribution in [-0.2, 0) is 4.79 Å². The Bertz CT molecular complexity index is 800. The molecule has 3 nitrogen and oxygen atoms in total. The largest absolute Gasteiger partial charge is 0.494 e. The number of methoxy groups -OCH3 is 1. The summed E-state index contributed by atoms with van der Waals surface area (Å²) in [5.41, 5.74) is 0. The Labute approximate surface area is 184 Å². The molecule has 0 radical (unpaired) electrons. The van der Waals surface area contributed by atoms with Gasteiger partial charge < -0.3 is 9.47 Å². The van der Waals surface area contributed by atoms with Crippen LogP contribution < -0.4 is 9.47 Å². The lowest BCUT2D eigenvalue weighted by molar-refractivity contribution is -0.140. The molecule has 4 rings (SSSR count). The van der Waals surface area contributed by atoms with E-state index in [0.29, 0.717) is 11.8 Å². The van der Waals surface area contributed by atoms with Crippen molar-refractivity contribution in [3.05, 3.63) is 36.4 Å². The minimum Gasteiger partial charge on any atom is -0.494 e. The van der Waals surface area contributed by atoms with Gasteiger partial charge in [-0.25, -0.2) is 0 Å². The molecular weight excluding hydrogens is 398 g/mol. The highest BCUT2D eigenvalue weighted by molar-refractivity contribution is 5.75. The van der Waals surface area contributed by atoms with Crippen molar-refractivity contribution in [2.45, 2.75) is 64.2 Å². The van der Waals surface area contributed by atoms with Crippen LogP contribution in [0.15, 0.2) is 24.8 Å². The Balaban J connectivity index is 1.28. The molecule has 3 aliphatic rings. The molecule has 0 saturated heterocycles. The van der Waals surface area contributed by atoms with Gasteiger partial charge in [-0.05, 0) is 106 Å². The number of esters is 1. The van der Waals surface area contributed by atoms with Crippen LogP contribution in [0.2, 0.25) is 0 Å². The molecule has 1 aromatic carbocycles. The molecule has 0 amide bonds. The van der Waals surface area contributed by atoms with Crippen LogP contribution in [-0.4, -0.2) is 13.1 Å². The highest BCUT2D eigenvalue weighted by atomic mass is 19.2. The van der Waals surface area contributed by atoms with Gasteiger partial charge in [0.1, 0.15) is 0 Å². The summed E-state index contributed by atoms with van der Waals surface area (Å²) in [7, 11) is 1.26. The third-order valence-electron chi connectivity index (χ3n) is 8.24. The zero-order valence-corrected chi connectivity index (χ0v) is 18.5. The molecule has 1 aromatic rings. The second-order valence-corrected chi connectivity index (χ2v) is 9.83. The second-order valence-electron chi connectivity index (χ2n) is 9.83. The number of benzene rings is 1. The molecule has 3 aliphatic carbocycles. The van der Waals surface area contributed by atoms with Gasteiger partial charge in [0, 0.05) is 0 Å². The maximum absolute atomic E-state index is 14.1. The van der Waals surface area contributed by atoms with Crippen molar-refractivity contribution in [3.8, 4) is 11.5 Å². The fourth-order valence-corrected chi connectivity index (χ4v) is 6.37. The average molecular weight is 433 g/mol. The van der Waals surface area contributed by atoms with Crippen molar-refractivity contribution in [2.24, 2.45) is 35.5 Å². The molecule has 0 spiro atoms. The van der Waals surface area contributed by atoms with E-state index < -0.39 is 17.6 Å². The number of rotatable bonds is 5. The van der Waals surface area contributed by atoms with E-state index in [0.717, 1.165) is 43.4 Å². The third kappa shape index (κ3) is 4.80. The predicted molar refractivity (Wildman–Crippen MR) is 116 cm³/mol. The normalized spacial score (nSPS) is 33.3. The van der Waals surface area contributed by atoms with Crippen LogP contribution in [0.5, 0.6) is 11.5 Å². The van der Waals surface area contributed by atoms with E-state index in [1.54, 1.807) is 0 Å². The topological polar surface area (TPSA) is 35.5 Å². The molecule has 0 aliphatic heterocycles. The summed E-state index contributed by atoms with van der Waals surface area (Å²) >= 11 is 0. The molecule has 0 heterocycles. The highest BCUT2D eigenvalue weighted by Gasteiger charge is 2.39. The van der Waals surface area contributed by atoms with Crippen LogP contribution >= 0.6 is 0 Å². The SMILES string of the molecule is C=CC1CCC2CC(C3CCC(C(=O)Oc4ccc(OC)c(F)c4F)CC3)CCC2C1. The Hall–Kier alpha value is -1.91. The molecule has 3 fully saturated rings. The molecule has 5 heteroatoms. The first-order valence-corrected chi connectivity index (χ1v) is 11.9. The summed E-state index contributed by atoms with van der Waals surface area (Å²) in [5.74, 6) is 0.341. The minimum absolute atomic E-state index is 0.203. The van der Waals surface area contributed by atoms with E-state index in [-0.39, 0.29) is 17.4 Å². The number of halogens is 2. The van der Waals surface area contributed by atoms with E-state index >= 15 is 0 Å². The zero-order valence-electron chi connectivity index (χ0n) is 18.5. The lowest BCUT2D eigenvalue weighted by atomic mass is 9.61. The van der Waals surface area contributed by atoms with Crippen LogP contribution in [0.25, 0.3) is 0 Å². The van der Waals surface area contributed by atoms with E-state index in [1.165, 1.54) is 57.8 Å². The fourth-order valence-electron chi connectivity index (χ4n) is 6.37. The van der Waals surface area contributed by atoms with E-state index in [1.807, 2.05) is 0 Å². The summed E-state index contributed by atoms with van der Waals surface area (Å²) < 4.78 is 38.0. The van der Waals surface area contributed by atoms with Crippen molar-refractivity contribution in [1.82, 2.24) is 0 Å². The number of hydrogen-bond acceptors (Lipinski definition) is 3. The lowest BCUT2D eigenvalue weighted by Gasteiger charge is -2.45. The first-order valence-electron chi connectivity index (χ1n) is 11.9. The van der Waals surface area contributed by atoms with Gasteiger partial charge in [-0.15, -0.1) is 6.58 Å². The Morgan fingerprint density at radius 3 is 2.10 bits per heavy atom. The minimum atomic E-state index is -1.18. The second kappa shape index (κ2) is 9.70. The van der Waals surface area contributed by atoms with Gasteiger partial charge in [-0.1, -0.05) is 6.08 Å². The van der Waals surface area contributed by atoms with Crippen LogP contribution in [0.4, 0.5) is 8.78 Å². The summed E-state index contributed by atoms with van der Waals surface area (Å²) in [6.45, 7) is 3.99. The van der Waals surface area contributed by atoms with Crippen molar-refractivity contribution in [3.63, 3.8) is 0 Å². The number of hydrogen-bond donors (Lipinski definition) is 0. The van der Waals surface area contributed by atoms with E-state index in [9.17, 15) is 13.6 Å². The molecule has 170 valence electrons. The van der Waals surface area contributed by atoms with Crippen molar-refractivity contribution in [2.75, 3.05) is 7.11 Å². The first kappa shape index (κ1) is 22.3. The van der Waals surface area contributed by atoms with E-state index in [4.69, 9.17) is 9.47 Å². The standard InChI is InChI=1S/C26H34F2O3/c1-3-16-4-5-21-15-20(11-10-19(21)14-16)17-6-8-18(9-7-17)26(29)31-23-13-12-22(30-2)24(27)25(23)28/h3,12-13,16-21H,1,4-11,14-15H2,2H3.